The molecule has 0 atom stereocenters. The molecule has 7 heteroatoms. The average Bonchev–Trinajstić information content (AvgIpc) is 2.60. The van der Waals surface area contributed by atoms with Gasteiger partial charge in [0.25, 0.3) is 0 Å². The largest absolute Gasteiger partial charge is 0.490 e. The molecule has 0 amide bonds. The van der Waals surface area contributed by atoms with Crippen LogP contribution >= 0.6 is 23.2 Å². The zero-order valence-electron chi connectivity index (χ0n) is 17.1. The van der Waals surface area contributed by atoms with E-state index < -0.39 is 5.82 Å². The third-order valence-electron chi connectivity index (χ3n) is 3.78. The van der Waals surface area contributed by atoms with Crippen LogP contribution < -0.4 is 9.47 Å². The average molecular weight is 434 g/mol. The zero-order chi connectivity index (χ0) is 20.9. The van der Waals surface area contributed by atoms with Crippen molar-refractivity contribution < 1.29 is 18.7 Å². The van der Waals surface area contributed by atoms with Crippen molar-refractivity contribution in [3.05, 3.63) is 34.1 Å². The normalized spacial score (nSPS) is 10.6. The fourth-order valence-electron chi connectivity index (χ4n) is 2.43. The predicted octanol–water partition coefficient (Wildman–Crippen LogP) is 7.00. The summed E-state index contributed by atoms with van der Waals surface area (Å²) in [6, 6.07) is 3.12. The Morgan fingerprint density at radius 2 is 1.75 bits per heavy atom. The summed E-state index contributed by atoms with van der Waals surface area (Å²) in [5.74, 6) is 0.386. The second-order valence-corrected chi connectivity index (χ2v) is 7.93. The van der Waals surface area contributed by atoms with Crippen molar-refractivity contribution in [3.8, 4) is 11.5 Å². The maximum Gasteiger partial charge on any atom is 0.169 e. The van der Waals surface area contributed by atoms with E-state index in [1.165, 1.54) is 12.1 Å². The van der Waals surface area contributed by atoms with Crippen molar-refractivity contribution in [1.29, 1.82) is 0 Å². The maximum absolute atomic E-state index is 14.5. The van der Waals surface area contributed by atoms with Crippen molar-refractivity contribution in [2.24, 2.45) is 5.16 Å². The lowest BCUT2D eigenvalue weighted by Gasteiger charge is -2.17. The highest BCUT2D eigenvalue weighted by Gasteiger charge is 2.16. The number of hydrogen-bond acceptors (Lipinski definition) is 4. The Morgan fingerprint density at radius 1 is 1.07 bits per heavy atom. The van der Waals surface area contributed by atoms with E-state index in [-0.39, 0.29) is 17.0 Å². The van der Waals surface area contributed by atoms with Gasteiger partial charge in [0.15, 0.2) is 11.6 Å². The number of ether oxygens (including phenoxy) is 2. The van der Waals surface area contributed by atoms with Gasteiger partial charge in [-0.3, -0.25) is 0 Å². The summed E-state index contributed by atoms with van der Waals surface area (Å²) in [4.78, 5) is 5.16. The first-order valence-electron chi connectivity index (χ1n) is 9.54. The lowest BCUT2D eigenvalue weighted by molar-refractivity contribution is 0.139. The standard InChI is InChI=1S/C21H30Cl2FNO3/c1-15(2)18-13-17(26-12-9-20(22)23)14-19(24)21(18)27-10-7-5-6-8-11-28-25-16(3)4/h9,13-15H,5-8,10-12H2,1-4H3. The van der Waals surface area contributed by atoms with Crippen LogP contribution in [0, 0.1) is 5.82 Å². The number of benzene rings is 1. The van der Waals surface area contributed by atoms with Crippen LogP contribution in [0.5, 0.6) is 11.5 Å². The second-order valence-electron chi connectivity index (χ2n) is 6.92. The summed E-state index contributed by atoms with van der Waals surface area (Å²) in [6.45, 7) is 9.02. The van der Waals surface area contributed by atoms with E-state index in [0.29, 0.717) is 24.7 Å². The molecule has 0 saturated carbocycles. The lowest BCUT2D eigenvalue weighted by Crippen LogP contribution is -2.05. The number of rotatable bonds is 13. The van der Waals surface area contributed by atoms with Crippen molar-refractivity contribution in [1.82, 2.24) is 0 Å². The molecule has 0 radical (unpaired) electrons. The van der Waals surface area contributed by atoms with E-state index in [1.807, 2.05) is 27.7 Å². The number of halogens is 3. The molecule has 0 heterocycles. The van der Waals surface area contributed by atoms with E-state index in [4.69, 9.17) is 37.5 Å². The van der Waals surface area contributed by atoms with Gasteiger partial charge in [-0.2, -0.15) is 0 Å². The molecule has 28 heavy (non-hydrogen) atoms. The third kappa shape index (κ3) is 10.2. The van der Waals surface area contributed by atoms with Gasteiger partial charge in [0.1, 0.15) is 23.5 Å². The quantitative estimate of drug-likeness (QED) is 0.191. The molecule has 4 nitrogen and oxygen atoms in total. The van der Waals surface area contributed by atoms with Crippen LogP contribution in [0.2, 0.25) is 0 Å². The molecule has 0 aliphatic heterocycles. The number of oxime groups is 1. The lowest BCUT2D eigenvalue weighted by atomic mass is 10.0. The number of nitrogens with zero attached hydrogens (tertiary/aromatic N) is 1. The summed E-state index contributed by atoms with van der Waals surface area (Å²) in [5.41, 5.74) is 1.68. The minimum Gasteiger partial charge on any atom is -0.490 e. The zero-order valence-corrected chi connectivity index (χ0v) is 18.6. The van der Waals surface area contributed by atoms with Crippen LogP contribution in [0.25, 0.3) is 0 Å². The molecule has 0 aliphatic carbocycles. The minimum absolute atomic E-state index is 0.0972. The summed E-state index contributed by atoms with van der Waals surface area (Å²) < 4.78 is 25.9. The highest BCUT2D eigenvalue weighted by molar-refractivity contribution is 6.55. The van der Waals surface area contributed by atoms with Gasteiger partial charge in [-0.05, 0) is 57.6 Å². The molecule has 1 rings (SSSR count). The van der Waals surface area contributed by atoms with Gasteiger partial charge in [-0.15, -0.1) is 0 Å². The van der Waals surface area contributed by atoms with Gasteiger partial charge >= 0.3 is 0 Å². The van der Waals surface area contributed by atoms with E-state index in [9.17, 15) is 4.39 Å². The SMILES string of the molecule is CC(C)=NOCCCCCCOc1c(F)cc(OCC=C(Cl)Cl)cc1C(C)C. The highest BCUT2D eigenvalue weighted by Crippen LogP contribution is 2.33. The van der Waals surface area contributed by atoms with Crippen LogP contribution in [0.4, 0.5) is 4.39 Å². The Labute approximate surface area is 177 Å². The molecule has 1 aromatic rings. The first-order valence-corrected chi connectivity index (χ1v) is 10.3. The monoisotopic (exact) mass is 433 g/mol. The number of hydrogen-bond donors (Lipinski definition) is 0. The Bertz CT molecular complexity index is 655. The molecule has 0 spiro atoms. The summed E-state index contributed by atoms with van der Waals surface area (Å²) >= 11 is 11.1. The smallest absolute Gasteiger partial charge is 0.169 e. The first kappa shape index (κ1) is 24.6. The maximum atomic E-state index is 14.5. The highest BCUT2D eigenvalue weighted by atomic mass is 35.5. The predicted molar refractivity (Wildman–Crippen MR) is 114 cm³/mol. The molecular formula is C21H30Cl2FNO3. The van der Waals surface area contributed by atoms with Gasteiger partial charge in [-0.1, -0.05) is 42.2 Å². The van der Waals surface area contributed by atoms with Crippen molar-refractivity contribution in [3.63, 3.8) is 0 Å². The Balaban J connectivity index is 2.49. The van der Waals surface area contributed by atoms with E-state index in [1.54, 1.807) is 6.07 Å². The van der Waals surface area contributed by atoms with E-state index in [0.717, 1.165) is 37.0 Å². The Kier molecular flexibility index (Phi) is 12.0. The van der Waals surface area contributed by atoms with Crippen LogP contribution in [0.3, 0.4) is 0 Å². The summed E-state index contributed by atoms with van der Waals surface area (Å²) in [7, 11) is 0. The Hall–Kier alpha value is -1.46. The van der Waals surface area contributed by atoms with Gasteiger partial charge in [0.2, 0.25) is 0 Å². The summed E-state index contributed by atoms with van der Waals surface area (Å²) in [6.07, 6.45) is 5.30. The van der Waals surface area contributed by atoms with Gasteiger partial charge in [0.05, 0.1) is 12.3 Å². The van der Waals surface area contributed by atoms with Crippen LogP contribution in [0.15, 0.2) is 27.9 Å². The number of unbranched alkanes of at least 4 members (excludes halogenated alkanes) is 3. The van der Waals surface area contributed by atoms with Crippen LogP contribution in [-0.4, -0.2) is 25.5 Å². The molecular weight excluding hydrogens is 404 g/mol. The fourth-order valence-corrected chi connectivity index (χ4v) is 2.55. The molecule has 0 aromatic heterocycles. The molecule has 0 saturated heterocycles. The van der Waals surface area contributed by atoms with Gasteiger partial charge in [0, 0.05) is 11.6 Å². The van der Waals surface area contributed by atoms with Gasteiger partial charge < -0.3 is 14.3 Å². The molecule has 1 aromatic carbocycles. The molecule has 0 fully saturated rings. The van der Waals surface area contributed by atoms with Crippen LogP contribution in [-0.2, 0) is 4.84 Å². The topological polar surface area (TPSA) is 40.0 Å². The van der Waals surface area contributed by atoms with Crippen molar-refractivity contribution in [2.75, 3.05) is 19.8 Å². The fraction of sp³-hybridized carbons (Fsp3) is 0.571. The molecule has 0 bridgehead atoms. The minimum atomic E-state index is -0.427. The van der Waals surface area contributed by atoms with E-state index in [2.05, 4.69) is 5.16 Å². The van der Waals surface area contributed by atoms with Gasteiger partial charge in [-0.25, -0.2) is 4.39 Å². The van der Waals surface area contributed by atoms with Crippen LogP contribution in [0.1, 0.15) is 64.9 Å². The first-order chi connectivity index (χ1) is 13.3. The Morgan fingerprint density at radius 3 is 2.36 bits per heavy atom. The molecule has 0 N–H and O–H groups in total. The van der Waals surface area contributed by atoms with Crippen molar-refractivity contribution in [2.45, 2.75) is 59.3 Å². The third-order valence-corrected chi connectivity index (χ3v) is 4.09. The van der Waals surface area contributed by atoms with Crippen molar-refractivity contribution >= 4 is 28.9 Å². The molecule has 0 aliphatic rings. The molecule has 158 valence electrons. The summed E-state index contributed by atoms with van der Waals surface area (Å²) in [5, 5.41) is 3.89. The molecule has 0 unspecified atom stereocenters. The van der Waals surface area contributed by atoms with E-state index >= 15 is 0 Å². The second kappa shape index (κ2) is 13.7.